The van der Waals surface area contributed by atoms with E-state index in [-0.39, 0.29) is 5.56 Å². The van der Waals surface area contributed by atoms with Crippen LogP contribution in [0.3, 0.4) is 0 Å². The van der Waals surface area contributed by atoms with E-state index in [1.165, 1.54) is 6.07 Å². The molecule has 0 aliphatic rings. The number of carboxylic acids is 1. The number of nitrogens with one attached hydrogen (secondary N) is 1. The Labute approximate surface area is 122 Å². The van der Waals surface area contributed by atoms with Crippen LogP contribution in [-0.4, -0.2) is 16.1 Å². The Morgan fingerprint density at radius 2 is 2.15 bits per heavy atom. The Hall–Kier alpha value is -2.07. The first kappa shape index (κ1) is 14.3. The lowest BCUT2D eigenvalue weighted by Gasteiger charge is -2.11. The average molecular weight is 291 g/mol. The maximum atomic E-state index is 11.1. The van der Waals surface area contributed by atoms with Crippen molar-refractivity contribution in [2.75, 3.05) is 5.32 Å². The molecule has 104 valence electrons. The van der Waals surface area contributed by atoms with E-state index >= 15 is 0 Å². The minimum absolute atomic E-state index is 0.221. The number of carboxylic acid groups (broad SMARTS) is 1. The first-order valence-electron chi connectivity index (χ1n) is 6.27. The smallest absolute Gasteiger partial charge is 0.335 e. The number of aromatic nitrogens is 1. The van der Waals surface area contributed by atoms with E-state index in [4.69, 9.17) is 16.7 Å². The van der Waals surface area contributed by atoms with Crippen molar-refractivity contribution in [1.82, 2.24) is 4.98 Å². The Balaban J connectivity index is 2.40. The highest BCUT2D eigenvalue weighted by Gasteiger charge is 2.09. The van der Waals surface area contributed by atoms with Crippen molar-refractivity contribution in [3.8, 4) is 0 Å². The van der Waals surface area contributed by atoms with Gasteiger partial charge in [0.05, 0.1) is 5.56 Å². The Morgan fingerprint density at radius 3 is 2.80 bits per heavy atom. The zero-order valence-electron chi connectivity index (χ0n) is 11.3. The van der Waals surface area contributed by atoms with Gasteiger partial charge in [-0.2, -0.15) is 0 Å². The molecule has 2 aromatic rings. The van der Waals surface area contributed by atoms with E-state index in [1.54, 1.807) is 12.1 Å². The monoisotopic (exact) mass is 290 g/mol. The Bertz CT molecular complexity index is 656. The molecule has 0 amide bonds. The third-order valence-corrected chi connectivity index (χ3v) is 3.43. The van der Waals surface area contributed by atoms with E-state index < -0.39 is 5.97 Å². The fourth-order valence-electron chi connectivity index (χ4n) is 1.84. The molecule has 0 aliphatic heterocycles. The van der Waals surface area contributed by atoms with Gasteiger partial charge < -0.3 is 10.4 Å². The van der Waals surface area contributed by atoms with Crippen molar-refractivity contribution in [2.45, 2.75) is 20.3 Å². The normalized spacial score (nSPS) is 10.3. The van der Waals surface area contributed by atoms with Crippen LogP contribution >= 0.6 is 11.6 Å². The highest BCUT2D eigenvalue weighted by Crippen LogP contribution is 2.26. The van der Waals surface area contributed by atoms with Gasteiger partial charge >= 0.3 is 5.97 Å². The summed E-state index contributed by atoms with van der Waals surface area (Å²) in [5.74, 6) is -0.458. The summed E-state index contributed by atoms with van der Waals surface area (Å²) >= 11 is 6.07. The van der Waals surface area contributed by atoms with Crippen LogP contribution in [0.15, 0.2) is 30.3 Å². The Kier molecular flexibility index (Phi) is 4.25. The molecule has 1 aromatic carbocycles. The standard InChI is InChI=1S/C15H15ClN2O2/c1-3-11-7-10(15(19)20)8-14(17-11)18-13-6-4-5-12(16)9(13)2/h4-8H,3H2,1-2H3,(H,17,18)(H,19,20). The number of anilines is 2. The molecule has 4 nitrogen and oxygen atoms in total. The second kappa shape index (κ2) is 5.92. The Morgan fingerprint density at radius 1 is 1.40 bits per heavy atom. The zero-order chi connectivity index (χ0) is 14.7. The van der Waals surface area contributed by atoms with Crippen LogP contribution in [0.4, 0.5) is 11.5 Å². The summed E-state index contributed by atoms with van der Waals surface area (Å²) < 4.78 is 0. The molecule has 5 heteroatoms. The van der Waals surface area contributed by atoms with Crippen molar-refractivity contribution in [3.63, 3.8) is 0 Å². The maximum absolute atomic E-state index is 11.1. The van der Waals surface area contributed by atoms with Crippen LogP contribution < -0.4 is 5.32 Å². The van der Waals surface area contributed by atoms with Crippen LogP contribution in [0.1, 0.15) is 28.5 Å². The number of aryl methyl sites for hydroxylation is 1. The number of hydrogen-bond acceptors (Lipinski definition) is 3. The van der Waals surface area contributed by atoms with Gasteiger partial charge in [0.15, 0.2) is 0 Å². The second-order valence-corrected chi connectivity index (χ2v) is 4.84. The summed E-state index contributed by atoms with van der Waals surface area (Å²) in [5.41, 5.74) is 2.66. The third kappa shape index (κ3) is 3.08. The van der Waals surface area contributed by atoms with Gasteiger partial charge in [-0.15, -0.1) is 0 Å². The van der Waals surface area contributed by atoms with Gasteiger partial charge in [-0.1, -0.05) is 24.6 Å². The van der Waals surface area contributed by atoms with Crippen molar-refractivity contribution in [1.29, 1.82) is 0 Å². The lowest BCUT2D eigenvalue weighted by Crippen LogP contribution is -2.04. The second-order valence-electron chi connectivity index (χ2n) is 4.43. The van der Waals surface area contributed by atoms with E-state index in [9.17, 15) is 4.79 Å². The number of rotatable bonds is 4. The maximum Gasteiger partial charge on any atom is 0.335 e. The topological polar surface area (TPSA) is 62.2 Å². The summed E-state index contributed by atoms with van der Waals surface area (Å²) in [6.45, 7) is 3.83. The molecule has 0 atom stereocenters. The van der Waals surface area contributed by atoms with Crippen molar-refractivity contribution < 1.29 is 9.90 Å². The van der Waals surface area contributed by atoms with Gasteiger partial charge in [-0.05, 0) is 43.2 Å². The summed E-state index contributed by atoms with van der Waals surface area (Å²) in [6, 6.07) is 8.61. The quantitative estimate of drug-likeness (QED) is 0.892. The summed E-state index contributed by atoms with van der Waals surface area (Å²) in [5, 5.41) is 12.9. The highest BCUT2D eigenvalue weighted by atomic mass is 35.5. The SMILES string of the molecule is CCc1cc(C(=O)O)cc(Nc2cccc(Cl)c2C)n1. The number of benzene rings is 1. The predicted octanol–water partition coefficient (Wildman–Crippen LogP) is 4.05. The van der Waals surface area contributed by atoms with E-state index in [1.807, 2.05) is 26.0 Å². The summed E-state index contributed by atoms with van der Waals surface area (Å²) in [4.78, 5) is 15.5. The van der Waals surface area contributed by atoms with E-state index in [2.05, 4.69) is 10.3 Å². The van der Waals surface area contributed by atoms with Crippen LogP contribution in [-0.2, 0) is 6.42 Å². The molecule has 0 fully saturated rings. The lowest BCUT2D eigenvalue weighted by atomic mass is 10.1. The average Bonchev–Trinajstić information content (AvgIpc) is 2.43. The van der Waals surface area contributed by atoms with Gasteiger partial charge in [0.2, 0.25) is 0 Å². The molecule has 0 saturated carbocycles. The third-order valence-electron chi connectivity index (χ3n) is 3.02. The largest absolute Gasteiger partial charge is 0.478 e. The van der Waals surface area contributed by atoms with Gasteiger partial charge in [-0.25, -0.2) is 9.78 Å². The molecule has 0 spiro atoms. The molecule has 0 radical (unpaired) electrons. The van der Waals surface area contributed by atoms with E-state index in [0.717, 1.165) is 16.9 Å². The van der Waals surface area contributed by atoms with Crippen molar-refractivity contribution in [3.05, 3.63) is 52.2 Å². The van der Waals surface area contributed by atoms with Crippen LogP contribution in [0.5, 0.6) is 0 Å². The fraction of sp³-hybridized carbons (Fsp3) is 0.200. The minimum atomic E-state index is -0.965. The molecule has 0 aliphatic carbocycles. The molecule has 0 unspecified atom stereocenters. The van der Waals surface area contributed by atoms with Crippen molar-refractivity contribution in [2.24, 2.45) is 0 Å². The molecular weight excluding hydrogens is 276 g/mol. The van der Waals surface area contributed by atoms with Gasteiger partial charge in [0.25, 0.3) is 0 Å². The zero-order valence-corrected chi connectivity index (χ0v) is 12.0. The molecule has 0 saturated heterocycles. The molecule has 1 heterocycles. The van der Waals surface area contributed by atoms with Crippen LogP contribution in [0, 0.1) is 6.92 Å². The number of carbonyl (C=O) groups is 1. The molecule has 0 bridgehead atoms. The molecule has 2 rings (SSSR count). The summed E-state index contributed by atoms with van der Waals surface area (Å²) in [6.07, 6.45) is 0.671. The number of nitrogens with zero attached hydrogens (tertiary/aromatic N) is 1. The molecular formula is C15H15ClN2O2. The predicted molar refractivity (Wildman–Crippen MR) is 80.0 cm³/mol. The number of halogens is 1. The first-order valence-corrected chi connectivity index (χ1v) is 6.65. The molecule has 20 heavy (non-hydrogen) atoms. The molecule has 2 N–H and O–H groups in total. The highest BCUT2D eigenvalue weighted by molar-refractivity contribution is 6.31. The van der Waals surface area contributed by atoms with Crippen LogP contribution in [0.2, 0.25) is 5.02 Å². The number of aromatic carboxylic acids is 1. The van der Waals surface area contributed by atoms with Gasteiger partial charge in [-0.3, -0.25) is 0 Å². The minimum Gasteiger partial charge on any atom is -0.478 e. The number of pyridine rings is 1. The van der Waals surface area contributed by atoms with Crippen LogP contribution in [0.25, 0.3) is 0 Å². The van der Waals surface area contributed by atoms with E-state index in [0.29, 0.717) is 17.3 Å². The molecule has 1 aromatic heterocycles. The fourth-order valence-corrected chi connectivity index (χ4v) is 2.01. The van der Waals surface area contributed by atoms with Gasteiger partial charge in [0, 0.05) is 16.4 Å². The number of hydrogen-bond donors (Lipinski definition) is 2. The van der Waals surface area contributed by atoms with Crippen molar-refractivity contribution >= 4 is 29.1 Å². The lowest BCUT2D eigenvalue weighted by molar-refractivity contribution is 0.0696. The van der Waals surface area contributed by atoms with Gasteiger partial charge in [0.1, 0.15) is 5.82 Å². The first-order chi connectivity index (χ1) is 9.51. The summed E-state index contributed by atoms with van der Waals surface area (Å²) in [7, 11) is 0.